The van der Waals surface area contributed by atoms with Crippen molar-refractivity contribution in [2.75, 3.05) is 19.4 Å². The van der Waals surface area contributed by atoms with E-state index in [2.05, 4.69) is 10.3 Å². The van der Waals surface area contributed by atoms with Crippen LogP contribution in [0.5, 0.6) is 5.75 Å². The number of carbonyl (C=O) groups excluding carboxylic acids is 1. The van der Waals surface area contributed by atoms with Crippen LogP contribution in [-0.4, -0.2) is 30.5 Å². The molecule has 1 aliphatic rings. The molecule has 6 heteroatoms. The first-order valence-corrected chi connectivity index (χ1v) is 6.85. The summed E-state index contributed by atoms with van der Waals surface area (Å²) in [5.74, 6) is 1.48. The van der Waals surface area contributed by atoms with Gasteiger partial charge in [-0.2, -0.15) is 0 Å². The smallest absolute Gasteiger partial charge is 0.230 e. The zero-order chi connectivity index (χ0) is 13.0. The van der Waals surface area contributed by atoms with Gasteiger partial charge < -0.3 is 10.1 Å². The van der Waals surface area contributed by atoms with E-state index in [0.717, 1.165) is 17.9 Å². The lowest BCUT2D eigenvalue weighted by atomic mass is 10.1. The summed E-state index contributed by atoms with van der Waals surface area (Å²) in [6, 6.07) is 5.23. The Bertz CT molecular complexity index is 491. The molecule has 4 nitrogen and oxygen atoms in total. The summed E-state index contributed by atoms with van der Waals surface area (Å²) >= 11 is 7.47. The number of nitrogens with zero attached hydrogens (tertiary/aromatic N) is 1. The van der Waals surface area contributed by atoms with Gasteiger partial charge in [0.05, 0.1) is 20.1 Å². The minimum absolute atomic E-state index is 0.108. The van der Waals surface area contributed by atoms with E-state index in [1.165, 1.54) is 0 Å². The van der Waals surface area contributed by atoms with E-state index in [9.17, 15) is 4.79 Å². The van der Waals surface area contributed by atoms with E-state index < -0.39 is 0 Å². The average Bonchev–Trinajstić information content (AvgIpc) is 2.82. The number of ether oxygens (including phenoxy) is 1. The minimum Gasteiger partial charge on any atom is -0.496 e. The van der Waals surface area contributed by atoms with Crippen LogP contribution in [0.2, 0.25) is 5.02 Å². The van der Waals surface area contributed by atoms with Crippen LogP contribution >= 0.6 is 23.4 Å². The number of methoxy groups -OCH3 is 1. The van der Waals surface area contributed by atoms with Crippen LogP contribution in [0, 0.1) is 0 Å². The van der Waals surface area contributed by atoms with E-state index >= 15 is 0 Å². The highest BCUT2D eigenvalue weighted by Crippen LogP contribution is 2.23. The summed E-state index contributed by atoms with van der Waals surface area (Å²) in [5.41, 5.74) is 0.770. The molecule has 0 atom stereocenters. The van der Waals surface area contributed by atoms with Crippen molar-refractivity contribution in [1.29, 1.82) is 0 Å². The lowest BCUT2D eigenvalue weighted by Crippen LogP contribution is -2.28. The van der Waals surface area contributed by atoms with Gasteiger partial charge >= 0.3 is 0 Å². The largest absolute Gasteiger partial charge is 0.496 e. The molecule has 0 saturated carbocycles. The van der Waals surface area contributed by atoms with E-state index in [-0.39, 0.29) is 12.3 Å². The monoisotopic (exact) mass is 284 g/mol. The molecule has 2 rings (SSSR count). The summed E-state index contributed by atoms with van der Waals surface area (Å²) in [6.07, 6.45) is 0.226. The van der Waals surface area contributed by atoms with Crippen molar-refractivity contribution in [2.24, 2.45) is 4.99 Å². The maximum atomic E-state index is 11.8. The molecular formula is C12H13ClN2O2S. The zero-order valence-corrected chi connectivity index (χ0v) is 11.5. The van der Waals surface area contributed by atoms with E-state index in [1.54, 1.807) is 37.1 Å². The van der Waals surface area contributed by atoms with Crippen molar-refractivity contribution in [2.45, 2.75) is 6.42 Å². The van der Waals surface area contributed by atoms with Crippen LogP contribution in [0.4, 0.5) is 0 Å². The highest BCUT2D eigenvalue weighted by Gasteiger charge is 2.13. The number of amides is 1. The number of carbonyl (C=O) groups is 1. The summed E-state index contributed by atoms with van der Waals surface area (Å²) < 4.78 is 5.20. The third-order valence-corrected chi connectivity index (χ3v) is 3.55. The molecular weight excluding hydrogens is 272 g/mol. The molecule has 0 spiro atoms. The Morgan fingerprint density at radius 1 is 1.61 bits per heavy atom. The summed E-state index contributed by atoms with van der Waals surface area (Å²) in [6.45, 7) is 0.765. The van der Waals surface area contributed by atoms with Crippen LogP contribution < -0.4 is 10.1 Å². The second-order valence-electron chi connectivity index (χ2n) is 3.72. The van der Waals surface area contributed by atoms with Gasteiger partial charge in [-0.15, -0.1) is 0 Å². The summed E-state index contributed by atoms with van der Waals surface area (Å²) in [7, 11) is 1.57. The Hall–Kier alpha value is -1.20. The van der Waals surface area contributed by atoms with Crippen LogP contribution in [0.1, 0.15) is 5.56 Å². The third-order valence-electron chi connectivity index (χ3n) is 2.43. The standard InChI is InChI=1S/C12H13ClN2O2S/c1-17-10-3-2-9(13)6-8(10)7-11(16)15-12-14-4-5-18-12/h2-3,6H,4-5,7H2,1H3,(H,14,15,16). The highest BCUT2D eigenvalue weighted by molar-refractivity contribution is 8.14. The van der Waals surface area contributed by atoms with Gasteiger partial charge in [0, 0.05) is 16.3 Å². The quantitative estimate of drug-likeness (QED) is 0.925. The molecule has 1 heterocycles. The molecule has 0 aliphatic carbocycles. The second kappa shape index (κ2) is 6.11. The number of aliphatic imine (C=N–C) groups is 1. The van der Waals surface area contributed by atoms with Gasteiger partial charge in [0.25, 0.3) is 0 Å². The predicted octanol–water partition coefficient (Wildman–Crippen LogP) is 2.11. The Labute approximate surface area is 115 Å². The number of hydrogen-bond donors (Lipinski definition) is 1. The van der Waals surface area contributed by atoms with Crippen molar-refractivity contribution >= 4 is 34.4 Å². The maximum Gasteiger partial charge on any atom is 0.230 e. The molecule has 0 fully saturated rings. The molecule has 0 radical (unpaired) electrons. The van der Waals surface area contributed by atoms with Crippen molar-refractivity contribution in [3.05, 3.63) is 28.8 Å². The Kier molecular flexibility index (Phi) is 4.49. The number of hydrogen-bond acceptors (Lipinski definition) is 4. The number of rotatable bonds is 3. The molecule has 0 aromatic heterocycles. The average molecular weight is 285 g/mol. The molecule has 1 aromatic carbocycles. The third kappa shape index (κ3) is 3.40. The zero-order valence-electron chi connectivity index (χ0n) is 9.90. The number of nitrogens with one attached hydrogen (secondary N) is 1. The normalized spacial score (nSPS) is 14.2. The first kappa shape index (κ1) is 13.2. The van der Waals surface area contributed by atoms with Crippen molar-refractivity contribution < 1.29 is 9.53 Å². The van der Waals surface area contributed by atoms with Crippen LogP contribution in [0.3, 0.4) is 0 Å². The fraction of sp³-hybridized carbons (Fsp3) is 0.333. The van der Waals surface area contributed by atoms with E-state index in [0.29, 0.717) is 15.9 Å². The first-order chi connectivity index (χ1) is 8.69. The Morgan fingerprint density at radius 3 is 3.11 bits per heavy atom. The van der Waals surface area contributed by atoms with Crippen molar-refractivity contribution in [3.8, 4) is 5.75 Å². The summed E-state index contributed by atoms with van der Waals surface area (Å²) in [4.78, 5) is 16.0. The van der Waals surface area contributed by atoms with Gasteiger partial charge in [-0.1, -0.05) is 23.4 Å². The lowest BCUT2D eigenvalue weighted by Gasteiger charge is -2.09. The molecule has 0 bridgehead atoms. The first-order valence-electron chi connectivity index (χ1n) is 5.48. The fourth-order valence-electron chi connectivity index (χ4n) is 1.63. The number of halogens is 1. The van der Waals surface area contributed by atoms with Crippen LogP contribution in [-0.2, 0) is 11.2 Å². The lowest BCUT2D eigenvalue weighted by molar-refractivity contribution is -0.119. The maximum absolute atomic E-state index is 11.8. The van der Waals surface area contributed by atoms with Crippen molar-refractivity contribution in [1.82, 2.24) is 5.32 Å². The SMILES string of the molecule is COc1ccc(Cl)cc1CC(=O)NC1=NCCS1. The minimum atomic E-state index is -0.108. The highest BCUT2D eigenvalue weighted by atomic mass is 35.5. The van der Waals surface area contributed by atoms with Gasteiger partial charge in [0.15, 0.2) is 5.17 Å². The van der Waals surface area contributed by atoms with Crippen LogP contribution in [0.25, 0.3) is 0 Å². The van der Waals surface area contributed by atoms with Crippen LogP contribution in [0.15, 0.2) is 23.2 Å². The molecule has 1 amide bonds. The Balaban J connectivity index is 2.03. The predicted molar refractivity (Wildman–Crippen MR) is 74.6 cm³/mol. The number of amidine groups is 1. The molecule has 0 saturated heterocycles. The van der Waals surface area contributed by atoms with Gasteiger partial charge in [0.1, 0.15) is 5.75 Å². The van der Waals surface area contributed by atoms with Gasteiger partial charge in [-0.25, -0.2) is 0 Å². The fourth-order valence-corrected chi connectivity index (χ4v) is 2.57. The van der Waals surface area contributed by atoms with Gasteiger partial charge in [-0.3, -0.25) is 9.79 Å². The van der Waals surface area contributed by atoms with E-state index in [4.69, 9.17) is 16.3 Å². The summed E-state index contributed by atoms with van der Waals surface area (Å²) in [5, 5.41) is 4.06. The van der Waals surface area contributed by atoms with Crippen molar-refractivity contribution in [3.63, 3.8) is 0 Å². The molecule has 18 heavy (non-hydrogen) atoms. The second-order valence-corrected chi connectivity index (χ2v) is 5.24. The van der Waals surface area contributed by atoms with Gasteiger partial charge in [0.2, 0.25) is 5.91 Å². The Morgan fingerprint density at radius 2 is 2.44 bits per heavy atom. The topological polar surface area (TPSA) is 50.7 Å². The van der Waals surface area contributed by atoms with Gasteiger partial charge in [-0.05, 0) is 18.2 Å². The number of thioether (sulfide) groups is 1. The van der Waals surface area contributed by atoms with E-state index in [1.807, 2.05) is 0 Å². The molecule has 0 unspecified atom stereocenters. The molecule has 1 N–H and O–H groups in total. The molecule has 1 aliphatic heterocycles. The molecule has 1 aromatic rings. The number of benzene rings is 1. The molecule has 96 valence electrons.